The van der Waals surface area contributed by atoms with Gasteiger partial charge in [-0.05, 0) is 68.3 Å². The highest BCUT2D eigenvalue weighted by atomic mass is 32.2. The van der Waals surface area contributed by atoms with E-state index >= 15 is 0 Å². The van der Waals surface area contributed by atoms with Gasteiger partial charge in [0.1, 0.15) is 12.6 Å². The molecule has 182 valence electrons. The Bertz CT molecular complexity index is 1200. The van der Waals surface area contributed by atoms with Gasteiger partial charge in [-0.1, -0.05) is 12.1 Å². The van der Waals surface area contributed by atoms with E-state index in [-0.39, 0.29) is 11.8 Å². The second-order valence-electron chi connectivity index (χ2n) is 8.32. The van der Waals surface area contributed by atoms with Crippen molar-refractivity contribution in [3.05, 3.63) is 83.2 Å². The molecule has 7 nitrogen and oxygen atoms in total. The van der Waals surface area contributed by atoms with E-state index in [4.69, 9.17) is 9.47 Å². The zero-order valence-corrected chi connectivity index (χ0v) is 20.9. The van der Waals surface area contributed by atoms with E-state index in [1.165, 1.54) is 0 Å². The summed E-state index contributed by atoms with van der Waals surface area (Å²) in [7, 11) is 0. The minimum Gasteiger partial charge on any atom is -0.490 e. The maximum absolute atomic E-state index is 13.4. The largest absolute Gasteiger partial charge is 0.490 e. The van der Waals surface area contributed by atoms with Crippen molar-refractivity contribution in [1.82, 2.24) is 9.88 Å². The minimum atomic E-state index is -0.550. The normalized spacial score (nSPS) is 15.1. The molecule has 2 amide bonds. The maximum Gasteiger partial charge on any atom is 0.255 e. The number of carbonyl (C=O) groups excluding carboxylic acids is 2. The third-order valence-corrected chi connectivity index (χ3v) is 6.84. The number of pyridine rings is 1. The van der Waals surface area contributed by atoms with Gasteiger partial charge < -0.3 is 19.7 Å². The molecule has 0 saturated carbocycles. The predicted molar refractivity (Wildman–Crippen MR) is 138 cm³/mol. The monoisotopic (exact) mass is 491 g/mol. The number of thioether (sulfide) groups is 1. The zero-order valence-electron chi connectivity index (χ0n) is 20.1. The summed E-state index contributed by atoms with van der Waals surface area (Å²) in [6.07, 6.45) is 3.45. The molecule has 1 unspecified atom stereocenters. The first kappa shape index (κ1) is 24.6. The highest BCUT2D eigenvalue weighted by Gasteiger charge is 2.35. The number of benzene rings is 2. The van der Waals surface area contributed by atoms with Crippen LogP contribution in [0.5, 0.6) is 11.5 Å². The van der Waals surface area contributed by atoms with Gasteiger partial charge in [0.25, 0.3) is 5.91 Å². The number of carbonyl (C=O) groups is 2. The number of ether oxygens (including phenoxy) is 2. The van der Waals surface area contributed by atoms with Crippen LogP contribution in [0.3, 0.4) is 0 Å². The number of nitrogens with one attached hydrogen (secondary N) is 1. The molecule has 2 aromatic carbocycles. The second-order valence-corrected chi connectivity index (χ2v) is 9.32. The summed E-state index contributed by atoms with van der Waals surface area (Å²) in [5.74, 6) is 1.64. The highest BCUT2D eigenvalue weighted by Crippen LogP contribution is 2.31. The quantitative estimate of drug-likeness (QED) is 0.486. The Hall–Kier alpha value is -3.52. The van der Waals surface area contributed by atoms with Crippen LogP contribution >= 0.6 is 11.8 Å². The van der Waals surface area contributed by atoms with Crippen LogP contribution in [-0.2, 0) is 11.4 Å². The van der Waals surface area contributed by atoms with Crippen LogP contribution in [-0.4, -0.2) is 46.0 Å². The molecule has 1 aromatic heterocycles. The van der Waals surface area contributed by atoms with Gasteiger partial charge in [-0.15, -0.1) is 11.8 Å². The third-order valence-electron chi connectivity index (χ3n) is 5.83. The van der Waals surface area contributed by atoms with Crippen molar-refractivity contribution in [3.63, 3.8) is 0 Å². The van der Waals surface area contributed by atoms with Crippen molar-refractivity contribution in [2.75, 3.05) is 23.6 Å². The minimum absolute atomic E-state index is 0.187. The molecule has 1 atom stereocenters. The Labute approximate surface area is 209 Å². The van der Waals surface area contributed by atoms with Crippen molar-refractivity contribution in [3.8, 4) is 11.5 Å². The summed E-state index contributed by atoms with van der Waals surface area (Å²) in [6, 6.07) is 14.2. The van der Waals surface area contributed by atoms with Gasteiger partial charge >= 0.3 is 0 Å². The lowest BCUT2D eigenvalue weighted by atomic mass is 10.1. The second kappa shape index (κ2) is 11.3. The Morgan fingerprint density at radius 3 is 2.69 bits per heavy atom. The fourth-order valence-corrected chi connectivity index (χ4v) is 4.90. The third kappa shape index (κ3) is 5.95. The Morgan fingerprint density at radius 2 is 1.94 bits per heavy atom. The number of aromatic nitrogens is 1. The molecule has 0 bridgehead atoms. The molecule has 35 heavy (non-hydrogen) atoms. The fourth-order valence-electron chi connectivity index (χ4n) is 3.74. The smallest absolute Gasteiger partial charge is 0.255 e. The van der Waals surface area contributed by atoms with Crippen molar-refractivity contribution in [2.45, 2.75) is 33.4 Å². The number of nitrogens with zero attached hydrogens (tertiary/aromatic N) is 2. The lowest BCUT2D eigenvalue weighted by Gasteiger charge is -2.24. The molecule has 2 heterocycles. The summed E-state index contributed by atoms with van der Waals surface area (Å²) in [4.78, 5) is 32.1. The lowest BCUT2D eigenvalue weighted by molar-refractivity contribution is -0.119. The van der Waals surface area contributed by atoms with Crippen LogP contribution in [0.15, 0.2) is 60.9 Å². The van der Waals surface area contributed by atoms with Crippen molar-refractivity contribution in [1.29, 1.82) is 0 Å². The molecule has 0 spiro atoms. The van der Waals surface area contributed by atoms with Crippen LogP contribution < -0.4 is 14.8 Å². The molecule has 0 aliphatic carbocycles. The van der Waals surface area contributed by atoms with E-state index in [0.717, 1.165) is 22.4 Å². The van der Waals surface area contributed by atoms with Crippen LogP contribution in [0.4, 0.5) is 5.69 Å². The topological polar surface area (TPSA) is 80.8 Å². The molecule has 1 saturated heterocycles. The van der Waals surface area contributed by atoms with Crippen LogP contribution in [0.25, 0.3) is 0 Å². The summed E-state index contributed by atoms with van der Waals surface area (Å²) in [5.41, 5.74) is 4.38. The number of aryl methyl sites for hydroxylation is 2. The van der Waals surface area contributed by atoms with Gasteiger partial charge in [0, 0.05) is 35.0 Å². The lowest BCUT2D eigenvalue weighted by Crippen LogP contribution is -2.44. The molecule has 1 N–H and O–H groups in total. The Morgan fingerprint density at radius 1 is 1.09 bits per heavy atom. The van der Waals surface area contributed by atoms with Crippen LogP contribution in [0.2, 0.25) is 0 Å². The number of hydrogen-bond donors (Lipinski definition) is 1. The summed E-state index contributed by atoms with van der Waals surface area (Å²) in [5, 5.41) is 2.97. The SMILES string of the molecule is CCOc1cc(C(=O)N2CSCC2C(=O)Nc2ccc(C)c(C)c2)ccc1OCc1cccnc1. The standard InChI is InChI=1S/C27H29N3O4S/c1-4-33-25-13-21(8-10-24(25)34-15-20-6-5-11-28-14-20)27(32)30-17-35-16-23(30)26(31)29-22-9-7-18(2)19(3)12-22/h5-14,23H,4,15-17H2,1-3H3,(H,29,31). The average Bonchev–Trinajstić information content (AvgIpc) is 3.36. The zero-order chi connectivity index (χ0) is 24.8. The number of hydrogen-bond acceptors (Lipinski definition) is 6. The van der Waals surface area contributed by atoms with E-state index in [0.29, 0.717) is 41.9 Å². The van der Waals surface area contributed by atoms with Crippen molar-refractivity contribution in [2.24, 2.45) is 0 Å². The van der Waals surface area contributed by atoms with Gasteiger partial charge in [0.15, 0.2) is 11.5 Å². The number of rotatable bonds is 8. The van der Waals surface area contributed by atoms with Crippen molar-refractivity contribution < 1.29 is 19.1 Å². The first-order chi connectivity index (χ1) is 17.0. The summed E-state index contributed by atoms with van der Waals surface area (Å²) >= 11 is 1.56. The molecule has 1 aliphatic heterocycles. The molecule has 0 radical (unpaired) electrons. The number of anilines is 1. The molecule has 4 rings (SSSR count). The number of amides is 2. The van der Waals surface area contributed by atoms with Gasteiger partial charge in [-0.2, -0.15) is 0 Å². The highest BCUT2D eigenvalue weighted by molar-refractivity contribution is 7.99. The van der Waals surface area contributed by atoms with E-state index in [1.54, 1.807) is 47.3 Å². The van der Waals surface area contributed by atoms with Crippen LogP contribution in [0, 0.1) is 13.8 Å². The molecular formula is C27H29N3O4S. The average molecular weight is 492 g/mol. The maximum atomic E-state index is 13.4. The first-order valence-corrected chi connectivity index (χ1v) is 12.7. The van der Waals surface area contributed by atoms with Gasteiger partial charge in [0.2, 0.25) is 5.91 Å². The molecular weight excluding hydrogens is 462 g/mol. The Kier molecular flexibility index (Phi) is 7.92. The van der Waals surface area contributed by atoms with E-state index < -0.39 is 6.04 Å². The molecule has 8 heteroatoms. The Balaban J connectivity index is 1.48. The molecule has 1 aliphatic rings. The van der Waals surface area contributed by atoms with Gasteiger partial charge in [0.05, 0.1) is 12.5 Å². The predicted octanol–water partition coefficient (Wildman–Crippen LogP) is 4.83. The van der Waals surface area contributed by atoms with Crippen LogP contribution in [0.1, 0.15) is 34.0 Å². The summed E-state index contributed by atoms with van der Waals surface area (Å²) < 4.78 is 11.7. The fraction of sp³-hybridized carbons (Fsp3) is 0.296. The van der Waals surface area contributed by atoms with E-state index in [1.807, 2.05) is 51.1 Å². The van der Waals surface area contributed by atoms with E-state index in [9.17, 15) is 9.59 Å². The first-order valence-electron chi connectivity index (χ1n) is 11.5. The van der Waals surface area contributed by atoms with Crippen molar-refractivity contribution >= 4 is 29.3 Å². The van der Waals surface area contributed by atoms with Gasteiger partial charge in [-0.3, -0.25) is 14.6 Å². The van der Waals surface area contributed by atoms with E-state index in [2.05, 4.69) is 10.3 Å². The van der Waals surface area contributed by atoms with Gasteiger partial charge in [-0.25, -0.2) is 0 Å². The molecule has 1 fully saturated rings. The molecule has 3 aromatic rings. The summed E-state index contributed by atoms with van der Waals surface area (Å²) in [6.45, 7) is 6.68.